The van der Waals surface area contributed by atoms with Gasteiger partial charge in [-0.3, -0.25) is 9.69 Å². The van der Waals surface area contributed by atoms with E-state index in [9.17, 15) is 4.79 Å². The Balaban J connectivity index is 1.67. The maximum Gasteiger partial charge on any atom is 0.260 e. The van der Waals surface area contributed by atoms with Gasteiger partial charge in [-0.05, 0) is 47.7 Å². The van der Waals surface area contributed by atoms with Crippen molar-refractivity contribution in [3.63, 3.8) is 0 Å². The lowest BCUT2D eigenvalue weighted by atomic mass is 9.87. The highest BCUT2D eigenvalue weighted by Gasteiger charge is 2.26. The molecular formula is C27H38N2O5. The number of hydrogen-bond acceptors (Lipinski definition) is 6. The van der Waals surface area contributed by atoms with Crippen LogP contribution in [0, 0.1) is 0 Å². The van der Waals surface area contributed by atoms with Crippen molar-refractivity contribution in [2.45, 2.75) is 45.3 Å². The third-order valence-corrected chi connectivity index (χ3v) is 6.15. The van der Waals surface area contributed by atoms with Crippen LogP contribution in [-0.2, 0) is 14.9 Å². The number of amides is 1. The van der Waals surface area contributed by atoms with E-state index >= 15 is 0 Å². The van der Waals surface area contributed by atoms with Gasteiger partial charge in [0, 0.05) is 19.6 Å². The minimum Gasteiger partial charge on any atom is -0.493 e. The van der Waals surface area contributed by atoms with Crippen LogP contribution in [0.5, 0.6) is 17.2 Å². The first kappa shape index (κ1) is 25.8. The molecule has 1 fully saturated rings. The van der Waals surface area contributed by atoms with Gasteiger partial charge in [0.15, 0.2) is 17.6 Å². The van der Waals surface area contributed by atoms with E-state index in [1.165, 1.54) is 5.56 Å². The highest BCUT2D eigenvalue weighted by atomic mass is 16.5. The molecule has 0 saturated carbocycles. The molecule has 0 aliphatic carbocycles. The van der Waals surface area contributed by atoms with E-state index in [0.29, 0.717) is 37.0 Å². The highest BCUT2D eigenvalue weighted by molar-refractivity contribution is 5.80. The second-order valence-electron chi connectivity index (χ2n) is 9.56. The van der Waals surface area contributed by atoms with Crippen molar-refractivity contribution in [2.24, 2.45) is 0 Å². The molecular weight excluding hydrogens is 432 g/mol. The number of hydrogen-bond donors (Lipinski definition) is 1. The van der Waals surface area contributed by atoms with Crippen LogP contribution in [-0.4, -0.2) is 64.0 Å². The van der Waals surface area contributed by atoms with Crippen LogP contribution in [0.3, 0.4) is 0 Å². The lowest BCUT2D eigenvalue weighted by molar-refractivity contribution is -0.127. The molecule has 2 atom stereocenters. The Bertz CT molecular complexity index is 933. The average molecular weight is 471 g/mol. The van der Waals surface area contributed by atoms with E-state index < -0.39 is 6.10 Å². The van der Waals surface area contributed by atoms with Crippen LogP contribution < -0.4 is 19.5 Å². The number of benzene rings is 2. The summed E-state index contributed by atoms with van der Waals surface area (Å²) in [5.74, 6) is 1.87. The SMILES string of the molecule is COc1ccc([C@@H](CNC(=O)[C@H](C)Oc2ccc(C(C)(C)C)cc2)N2CCOCC2)cc1OC. The summed E-state index contributed by atoms with van der Waals surface area (Å²) >= 11 is 0. The van der Waals surface area contributed by atoms with Crippen molar-refractivity contribution in [3.8, 4) is 17.2 Å². The van der Waals surface area contributed by atoms with Gasteiger partial charge in [0.25, 0.3) is 5.91 Å². The number of methoxy groups -OCH3 is 2. The van der Waals surface area contributed by atoms with E-state index in [4.69, 9.17) is 18.9 Å². The summed E-state index contributed by atoms with van der Waals surface area (Å²) < 4.78 is 22.3. The first-order valence-corrected chi connectivity index (χ1v) is 11.8. The van der Waals surface area contributed by atoms with E-state index in [1.807, 2.05) is 42.5 Å². The van der Waals surface area contributed by atoms with Gasteiger partial charge in [-0.15, -0.1) is 0 Å². The Hall–Kier alpha value is -2.77. The topological polar surface area (TPSA) is 69.3 Å². The van der Waals surface area contributed by atoms with Crippen molar-refractivity contribution >= 4 is 5.91 Å². The molecule has 0 bridgehead atoms. The zero-order valence-electron chi connectivity index (χ0n) is 21.2. The average Bonchev–Trinajstić information content (AvgIpc) is 2.84. The Morgan fingerprint density at radius 1 is 1.03 bits per heavy atom. The fourth-order valence-electron chi connectivity index (χ4n) is 4.04. The summed E-state index contributed by atoms with van der Waals surface area (Å²) in [6, 6.07) is 13.8. The number of rotatable bonds is 9. The van der Waals surface area contributed by atoms with Crippen molar-refractivity contribution in [2.75, 3.05) is 47.1 Å². The predicted octanol–water partition coefficient (Wildman–Crippen LogP) is 3.96. The van der Waals surface area contributed by atoms with Gasteiger partial charge in [-0.2, -0.15) is 0 Å². The summed E-state index contributed by atoms with van der Waals surface area (Å²) in [4.78, 5) is 15.2. The molecule has 2 aromatic carbocycles. The van der Waals surface area contributed by atoms with Crippen molar-refractivity contribution in [3.05, 3.63) is 53.6 Å². The van der Waals surface area contributed by atoms with Gasteiger partial charge in [-0.25, -0.2) is 0 Å². The van der Waals surface area contributed by atoms with E-state index in [0.717, 1.165) is 18.7 Å². The standard InChI is InChI=1S/C27H38N2O5/c1-19(34-22-10-8-21(9-11-22)27(2,3)4)26(30)28-18-23(29-13-15-33-16-14-29)20-7-12-24(31-5)25(17-20)32-6/h7-12,17,19,23H,13-16,18H2,1-6H3,(H,28,30)/t19-,23+/m0/s1. The summed E-state index contributed by atoms with van der Waals surface area (Å²) in [7, 11) is 3.25. The Morgan fingerprint density at radius 2 is 1.68 bits per heavy atom. The van der Waals surface area contributed by atoms with E-state index in [-0.39, 0.29) is 17.4 Å². The van der Waals surface area contributed by atoms with Crippen LogP contribution >= 0.6 is 0 Å². The summed E-state index contributed by atoms with van der Waals surface area (Å²) in [5.41, 5.74) is 2.34. The highest BCUT2D eigenvalue weighted by Crippen LogP contribution is 2.32. The Labute approximate surface area is 203 Å². The smallest absolute Gasteiger partial charge is 0.260 e. The van der Waals surface area contributed by atoms with Gasteiger partial charge in [0.1, 0.15) is 5.75 Å². The van der Waals surface area contributed by atoms with Gasteiger partial charge >= 0.3 is 0 Å². The second-order valence-corrected chi connectivity index (χ2v) is 9.56. The number of nitrogens with one attached hydrogen (secondary N) is 1. The van der Waals surface area contributed by atoms with Crippen LogP contribution in [0.2, 0.25) is 0 Å². The Kier molecular flexibility index (Phi) is 8.80. The normalized spacial score (nSPS) is 16.4. The quantitative estimate of drug-likeness (QED) is 0.598. The molecule has 0 spiro atoms. The molecule has 0 aromatic heterocycles. The largest absolute Gasteiger partial charge is 0.493 e. The maximum absolute atomic E-state index is 12.9. The summed E-state index contributed by atoms with van der Waals surface area (Å²) in [5, 5.41) is 3.08. The van der Waals surface area contributed by atoms with Crippen LogP contribution in [0.1, 0.15) is 44.9 Å². The molecule has 1 aliphatic heterocycles. The van der Waals surface area contributed by atoms with E-state index in [2.05, 4.69) is 31.0 Å². The molecule has 34 heavy (non-hydrogen) atoms. The summed E-state index contributed by atoms with van der Waals surface area (Å²) in [6.07, 6.45) is -0.615. The van der Waals surface area contributed by atoms with Crippen molar-refractivity contribution in [1.29, 1.82) is 0 Å². The lowest BCUT2D eigenvalue weighted by Gasteiger charge is -2.35. The van der Waals surface area contributed by atoms with Gasteiger partial charge in [0.2, 0.25) is 0 Å². The van der Waals surface area contributed by atoms with Crippen molar-refractivity contribution in [1.82, 2.24) is 10.2 Å². The minimum atomic E-state index is -0.615. The second kappa shape index (κ2) is 11.6. The first-order chi connectivity index (χ1) is 16.2. The monoisotopic (exact) mass is 470 g/mol. The number of carbonyl (C=O) groups excluding carboxylic acids is 1. The molecule has 2 aromatic rings. The van der Waals surface area contributed by atoms with Crippen LogP contribution in [0.25, 0.3) is 0 Å². The Morgan fingerprint density at radius 3 is 2.26 bits per heavy atom. The fraction of sp³-hybridized carbons (Fsp3) is 0.519. The molecule has 7 nitrogen and oxygen atoms in total. The third kappa shape index (κ3) is 6.64. The molecule has 1 aliphatic rings. The first-order valence-electron chi connectivity index (χ1n) is 11.8. The molecule has 3 rings (SSSR count). The zero-order valence-corrected chi connectivity index (χ0v) is 21.2. The van der Waals surface area contributed by atoms with Gasteiger partial charge in [-0.1, -0.05) is 39.0 Å². The van der Waals surface area contributed by atoms with Gasteiger partial charge in [0.05, 0.1) is 33.5 Å². The molecule has 0 radical (unpaired) electrons. The molecule has 186 valence electrons. The number of nitrogens with zero attached hydrogens (tertiary/aromatic N) is 1. The molecule has 1 heterocycles. The number of morpholine rings is 1. The maximum atomic E-state index is 12.9. The summed E-state index contributed by atoms with van der Waals surface area (Å²) in [6.45, 7) is 11.6. The zero-order chi connectivity index (χ0) is 24.7. The molecule has 1 saturated heterocycles. The van der Waals surface area contributed by atoms with Crippen LogP contribution in [0.4, 0.5) is 0 Å². The molecule has 7 heteroatoms. The van der Waals surface area contributed by atoms with Crippen molar-refractivity contribution < 1.29 is 23.7 Å². The van der Waals surface area contributed by atoms with Crippen LogP contribution in [0.15, 0.2) is 42.5 Å². The number of ether oxygens (including phenoxy) is 4. The van der Waals surface area contributed by atoms with E-state index in [1.54, 1.807) is 21.1 Å². The fourth-order valence-corrected chi connectivity index (χ4v) is 4.04. The minimum absolute atomic E-state index is 0.0223. The molecule has 1 N–H and O–H groups in total. The molecule has 1 amide bonds. The predicted molar refractivity (Wildman–Crippen MR) is 133 cm³/mol. The number of carbonyl (C=O) groups is 1. The third-order valence-electron chi connectivity index (χ3n) is 6.15. The lowest BCUT2D eigenvalue weighted by Crippen LogP contribution is -2.45. The van der Waals surface area contributed by atoms with Gasteiger partial charge < -0.3 is 24.3 Å². The molecule has 0 unspecified atom stereocenters.